The van der Waals surface area contributed by atoms with Crippen molar-refractivity contribution in [1.29, 1.82) is 0 Å². The molecule has 0 spiro atoms. The Morgan fingerprint density at radius 3 is 2.48 bits per heavy atom. The lowest BCUT2D eigenvalue weighted by Crippen LogP contribution is -2.46. The highest BCUT2D eigenvalue weighted by molar-refractivity contribution is 5.87. The summed E-state index contributed by atoms with van der Waals surface area (Å²) in [4.78, 5) is 28.6. The van der Waals surface area contributed by atoms with Gasteiger partial charge in [0.05, 0.1) is 0 Å². The van der Waals surface area contributed by atoms with Gasteiger partial charge in [-0.2, -0.15) is 0 Å². The maximum Gasteiger partial charge on any atom is 0.226 e. The van der Waals surface area contributed by atoms with E-state index in [0.29, 0.717) is 18.4 Å². The molecule has 3 aliphatic rings. The van der Waals surface area contributed by atoms with E-state index in [2.05, 4.69) is 4.90 Å². The lowest BCUT2D eigenvalue weighted by atomic mass is 9.88. The van der Waals surface area contributed by atoms with Crippen molar-refractivity contribution in [2.45, 2.75) is 63.8 Å². The minimum atomic E-state index is -0.0575. The first kappa shape index (κ1) is 14.9. The van der Waals surface area contributed by atoms with Crippen molar-refractivity contribution in [3.63, 3.8) is 0 Å². The molecule has 2 aliphatic carbocycles. The van der Waals surface area contributed by atoms with Gasteiger partial charge in [0.15, 0.2) is 0 Å². The minimum Gasteiger partial charge on any atom is -0.346 e. The smallest absolute Gasteiger partial charge is 0.226 e. The minimum absolute atomic E-state index is 0.0575. The number of hydrogen-bond donors (Lipinski definition) is 0. The number of rotatable bonds is 4. The third-order valence-corrected chi connectivity index (χ3v) is 5.46. The van der Waals surface area contributed by atoms with Crippen LogP contribution in [0.4, 0.5) is 0 Å². The zero-order valence-corrected chi connectivity index (χ0v) is 13.2. The molecule has 2 amide bonds. The van der Waals surface area contributed by atoms with Crippen molar-refractivity contribution >= 4 is 11.8 Å². The maximum absolute atomic E-state index is 12.9. The second-order valence-electron chi connectivity index (χ2n) is 7.23. The van der Waals surface area contributed by atoms with Crippen molar-refractivity contribution in [3.05, 3.63) is 0 Å². The fourth-order valence-electron chi connectivity index (χ4n) is 3.84. The molecule has 1 saturated heterocycles. The number of amides is 2. The average molecular weight is 292 g/mol. The van der Waals surface area contributed by atoms with Crippen LogP contribution < -0.4 is 0 Å². The van der Waals surface area contributed by atoms with Gasteiger partial charge in [-0.15, -0.1) is 0 Å². The number of nitrogens with zero attached hydrogens (tertiary/aromatic N) is 2. The van der Waals surface area contributed by atoms with Crippen molar-refractivity contribution in [1.82, 2.24) is 9.80 Å². The molecule has 0 aromatic rings. The molecule has 0 radical (unpaired) electrons. The number of piperidine rings is 1. The predicted molar refractivity (Wildman–Crippen MR) is 81.7 cm³/mol. The lowest BCUT2D eigenvalue weighted by Gasteiger charge is -2.35. The van der Waals surface area contributed by atoms with Crippen LogP contribution in [0, 0.1) is 11.8 Å². The van der Waals surface area contributed by atoms with Crippen LogP contribution in [-0.2, 0) is 9.59 Å². The largest absolute Gasteiger partial charge is 0.346 e. The molecular weight excluding hydrogens is 264 g/mol. The zero-order chi connectivity index (χ0) is 14.8. The van der Waals surface area contributed by atoms with Crippen molar-refractivity contribution in [2.24, 2.45) is 11.8 Å². The van der Waals surface area contributed by atoms with E-state index in [0.717, 1.165) is 19.5 Å². The molecule has 0 aromatic carbocycles. The average Bonchev–Trinajstić information content (AvgIpc) is 3.33. The summed E-state index contributed by atoms with van der Waals surface area (Å²) in [5, 5.41) is 0. The third kappa shape index (κ3) is 3.58. The van der Waals surface area contributed by atoms with Gasteiger partial charge < -0.3 is 9.80 Å². The summed E-state index contributed by atoms with van der Waals surface area (Å²) in [5.41, 5.74) is 0. The van der Waals surface area contributed by atoms with E-state index in [1.165, 1.54) is 44.9 Å². The first-order valence-corrected chi connectivity index (χ1v) is 8.69. The Labute approximate surface area is 127 Å². The Kier molecular flexibility index (Phi) is 4.51. The van der Waals surface area contributed by atoms with Crippen LogP contribution in [0.3, 0.4) is 0 Å². The van der Waals surface area contributed by atoms with Gasteiger partial charge in [0, 0.05) is 38.5 Å². The van der Waals surface area contributed by atoms with Crippen LogP contribution in [0.2, 0.25) is 0 Å². The second-order valence-corrected chi connectivity index (χ2v) is 7.23. The highest BCUT2D eigenvalue weighted by Crippen LogP contribution is 2.33. The van der Waals surface area contributed by atoms with E-state index in [1.807, 2.05) is 7.05 Å². The Hall–Kier alpha value is -1.06. The third-order valence-electron chi connectivity index (χ3n) is 5.46. The van der Waals surface area contributed by atoms with Gasteiger partial charge in [-0.3, -0.25) is 9.59 Å². The van der Waals surface area contributed by atoms with Gasteiger partial charge in [-0.05, 0) is 38.0 Å². The topological polar surface area (TPSA) is 40.6 Å². The van der Waals surface area contributed by atoms with E-state index in [-0.39, 0.29) is 17.7 Å². The van der Waals surface area contributed by atoms with Crippen LogP contribution in [-0.4, -0.2) is 47.8 Å². The second kappa shape index (κ2) is 6.37. The molecule has 1 aliphatic heterocycles. The summed E-state index contributed by atoms with van der Waals surface area (Å²) >= 11 is 0. The van der Waals surface area contributed by atoms with Crippen LogP contribution in [0.25, 0.3) is 0 Å². The van der Waals surface area contributed by atoms with Gasteiger partial charge in [0.1, 0.15) is 0 Å². The Bertz CT molecular complexity index is 400. The Morgan fingerprint density at radius 1 is 1.14 bits per heavy atom. The molecule has 3 fully saturated rings. The molecule has 118 valence electrons. The van der Waals surface area contributed by atoms with Crippen LogP contribution in [0.15, 0.2) is 0 Å². The van der Waals surface area contributed by atoms with Gasteiger partial charge >= 0.3 is 0 Å². The number of likely N-dealkylation sites (tertiary alicyclic amines) is 1. The first-order chi connectivity index (χ1) is 10.1. The highest BCUT2D eigenvalue weighted by Gasteiger charge is 2.39. The van der Waals surface area contributed by atoms with Crippen molar-refractivity contribution in [3.8, 4) is 0 Å². The summed E-state index contributed by atoms with van der Waals surface area (Å²) in [7, 11) is 1.84. The molecule has 0 unspecified atom stereocenters. The van der Waals surface area contributed by atoms with E-state index in [1.54, 1.807) is 4.90 Å². The van der Waals surface area contributed by atoms with E-state index < -0.39 is 0 Å². The number of carbonyl (C=O) groups excluding carboxylic acids is 2. The zero-order valence-electron chi connectivity index (χ0n) is 13.2. The first-order valence-electron chi connectivity index (χ1n) is 8.69. The molecule has 21 heavy (non-hydrogen) atoms. The molecular formula is C17H28N2O2. The number of carbonyl (C=O) groups is 2. The van der Waals surface area contributed by atoms with E-state index in [9.17, 15) is 9.59 Å². The molecule has 3 rings (SSSR count). The molecule has 1 atom stereocenters. The summed E-state index contributed by atoms with van der Waals surface area (Å²) in [6.45, 7) is 1.68. The summed E-state index contributed by atoms with van der Waals surface area (Å²) in [6.07, 6.45) is 10.2. The van der Waals surface area contributed by atoms with Crippen molar-refractivity contribution in [2.75, 3.05) is 20.1 Å². The molecule has 4 heteroatoms. The monoisotopic (exact) mass is 292 g/mol. The van der Waals surface area contributed by atoms with Crippen LogP contribution >= 0.6 is 0 Å². The summed E-state index contributed by atoms with van der Waals surface area (Å²) in [5.74, 6) is 1.04. The number of hydrogen-bond acceptors (Lipinski definition) is 2. The fourth-order valence-corrected chi connectivity index (χ4v) is 3.84. The Balaban J connectivity index is 1.60. The van der Waals surface area contributed by atoms with Crippen LogP contribution in [0.1, 0.15) is 57.8 Å². The Morgan fingerprint density at radius 2 is 1.86 bits per heavy atom. The lowest BCUT2D eigenvalue weighted by molar-refractivity contribution is -0.145. The maximum atomic E-state index is 12.9. The van der Waals surface area contributed by atoms with Gasteiger partial charge in [0.2, 0.25) is 11.8 Å². The molecule has 0 aromatic heterocycles. The molecule has 0 N–H and O–H groups in total. The van der Waals surface area contributed by atoms with E-state index >= 15 is 0 Å². The molecule has 2 saturated carbocycles. The fraction of sp³-hybridized carbons (Fsp3) is 0.882. The SMILES string of the molecule is CN1CC[C@H](C(=O)N(CC2CCCCC2)C2CC2)CC1=O. The van der Waals surface area contributed by atoms with Gasteiger partial charge in [0.25, 0.3) is 0 Å². The van der Waals surface area contributed by atoms with Crippen molar-refractivity contribution < 1.29 is 9.59 Å². The standard InChI is InChI=1S/C17H28N2O2/c1-18-10-9-14(11-16(18)20)17(21)19(15-7-8-15)12-13-5-3-2-4-6-13/h13-15H,2-12H2,1H3/t14-/m0/s1. The summed E-state index contributed by atoms with van der Waals surface area (Å²) < 4.78 is 0. The predicted octanol–water partition coefficient (Wildman–Crippen LogP) is 2.43. The summed E-state index contributed by atoms with van der Waals surface area (Å²) in [6, 6.07) is 0.481. The quantitative estimate of drug-likeness (QED) is 0.798. The van der Waals surface area contributed by atoms with Gasteiger partial charge in [-0.25, -0.2) is 0 Å². The van der Waals surface area contributed by atoms with Crippen LogP contribution in [0.5, 0.6) is 0 Å². The van der Waals surface area contributed by atoms with Gasteiger partial charge in [-0.1, -0.05) is 19.3 Å². The molecule has 4 nitrogen and oxygen atoms in total. The molecule has 0 bridgehead atoms. The van der Waals surface area contributed by atoms with E-state index in [4.69, 9.17) is 0 Å². The normalized spacial score (nSPS) is 27.8. The highest BCUT2D eigenvalue weighted by atomic mass is 16.2. The molecule has 1 heterocycles.